The van der Waals surface area contributed by atoms with E-state index in [0.29, 0.717) is 25.7 Å². The predicted molar refractivity (Wildman–Crippen MR) is 105 cm³/mol. The Morgan fingerprint density at radius 1 is 1.13 bits per heavy atom. The molecule has 0 aromatic carbocycles. The number of carbonyl (C=O) groups excluding carboxylic acids is 3. The maximum absolute atomic E-state index is 14.6. The molecule has 1 N–H and O–H groups in total. The summed E-state index contributed by atoms with van der Waals surface area (Å²) in [6.07, 6.45) is -0.296. The minimum atomic E-state index is -5.10. The zero-order valence-electron chi connectivity index (χ0n) is 18.0. The molecule has 0 saturated heterocycles. The van der Waals surface area contributed by atoms with E-state index in [4.69, 9.17) is 0 Å². The molecule has 0 aromatic heterocycles. The van der Waals surface area contributed by atoms with Gasteiger partial charge in [0.05, 0.1) is 5.57 Å². The molecule has 2 amide bonds. The van der Waals surface area contributed by atoms with E-state index in [1.54, 1.807) is 0 Å². The molecule has 0 aromatic rings. The third-order valence-electron chi connectivity index (χ3n) is 6.57. The lowest BCUT2D eigenvalue weighted by atomic mass is 9.72. The summed E-state index contributed by atoms with van der Waals surface area (Å²) in [5.74, 6) is -3.27. The van der Waals surface area contributed by atoms with Crippen molar-refractivity contribution in [1.29, 1.82) is 0 Å². The van der Waals surface area contributed by atoms with E-state index in [-0.39, 0.29) is 25.1 Å². The van der Waals surface area contributed by atoms with Crippen LogP contribution in [0.4, 0.5) is 13.2 Å². The Hall–Kier alpha value is -1.86. The van der Waals surface area contributed by atoms with Crippen LogP contribution in [-0.4, -0.2) is 40.8 Å². The van der Waals surface area contributed by atoms with Crippen LogP contribution in [-0.2, 0) is 14.4 Å². The zero-order chi connectivity index (χ0) is 22.3. The molecular weight excluding hydrogens is 397 g/mol. The van der Waals surface area contributed by atoms with Gasteiger partial charge in [-0.1, -0.05) is 46.5 Å². The van der Waals surface area contributed by atoms with Crippen LogP contribution in [0.2, 0.25) is 0 Å². The van der Waals surface area contributed by atoms with Gasteiger partial charge in [-0.3, -0.25) is 14.4 Å². The average molecular weight is 428 g/mol. The molecule has 1 unspecified atom stereocenters. The molecule has 1 fully saturated rings. The molecule has 0 bridgehead atoms. The molecule has 2 aliphatic carbocycles. The van der Waals surface area contributed by atoms with Crippen LogP contribution in [0, 0.1) is 11.3 Å². The molecule has 8 heteroatoms. The van der Waals surface area contributed by atoms with Gasteiger partial charge >= 0.3 is 6.18 Å². The van der Waals surface area contributed by atoms with Crippen molar-refractivity contribution in [2.45, 2.75) is 90.3 Å². The van der Waals surface area contributed by atoms with Crippen LogP contribution in [0.15, 0.2) is 11.3 Å². The largest absolute Gasteiger partial charge is 0.425 e. The second kappa shape index (κ2) is 8.00. The Labute approximate surface area is 175 Å². The summed E-state index contributed by atoms with van der Waals surface area (Å²) in [7, 11) is 0. The molecule has 1 heterocycles. The first-order valence-electron chi connectivity index (χ1n) is 10.9. The number of nitrogens with one attached hydrogen (secondary N) is 1. The van der Waals surface area contributed by atoms with Crippen molar-refractivity contribution in [2.75, 3.05) is 6.54 Å². The highest BCUT2D eigenvalue weighted by Crippen LogP contribution is 2.52. The van der Waals surface area contributed by atoms with Crippen molar-refractivity contribution in [3.8, 4) is 0 Å². The molecule has 3 rings (SSSR count). The van der Waals surface area contributed by atoms with Crippen LogP contribution in [0.1, 0.15) is 78.6 Å². The Morgan fingerprint density at radius 3 is 2.33 bits per heavy atom. The number of Topliss-reactive ketones (excluding diaryl/α,β-unsaturated/α-hetero) is 1. The lowest BCUT2D eigenvalue weighted by Crippen LogP contribution is -2.67. The summed E-state index contributed by atoms with van der Waals surface area (Å²) in [4.78, 5) is 40.3. The monoisotopic (exact) mass is 428 g/mol. The van der Waals surface area contributed by atoms with E-state index in [0.717, 1.165) is 24.2 Å². The highest BCUT2D eigenvalue weighted by Gasteiger charge is 2.71. The number of nitrogens with zero attached hydrogens (tertiary/aromatic N) is 1. The highest BCUT2D eigenvalue weighted by atomic mass is 19.4. The van der Waals surface area contributed by atoms with Gasteiger partial charge in [0.25, 0.3) is 5.91 Å². The van der Waals surface area contributed by atoms with Gasteiger partial charge in [-0.15, -0.1) is 0 Å². The topological polar surface area (TPSA) is 66.5 Å². The van der Waals surface area contributed by atoms with Gasteiger partial charge in [0.15, 0.2) is 5.78 Å². The van der Waals surface area contributed by atoms with E-state index < -0.39 is 46.2 Å². The van der Waals surface area contributed by atoms with E-state index in [9.17, 15) is 27.6 Å². The lowest BCUT2D eigenvalue weighted by Gasteiger charge is -2.36. The second-order valence-corrected chi connectivity index (χ2v) is 9.64. The van der Waals surface area contributed by atoms with Crippen LogP contribution >= 0.6 is 0 Å². The zero-order valence-corrected chi connectivity index (χ0v) is 18.0. The summed E-state index contributed by atoms with van der Waals surface area (Å²) in [6.45, 7) is 5.61. The molecular formula is C22H31F3N2O3. The Morgan fingerprint density at radius 2 is 1.77 bits per heavy atom. The SMILES string of the molecule is CCCCN1C(=O)C(NC(=O)C2CCCCC2)(C(F)(F)F)C2=C1CC(C)(C)CC2=O. The first-order chi connectivity index (χ1) is 13.9. The maximum atomic E-state index is 14.6. The highest BCUT2D eigenvalue weighted by molar-refractivity contribution is 6.13. The average Bonchev–Trinajstić information content (AvgIpc) is 2.88. The van der Waals surface area contributed by atoms with E-state index in [2.05, 4.69) is 5.32 Å². The second-order valence-electron chi connectivity index (χ2n) is 9.64. The first-order valence-corrected chi connectivity index (χ1v) is 10.9. The van der Waals surface area contributed by atoms with Gasteiger partial charge in [-0.2, -0.15) is 13.2 Å². The number of rotatable bonds is 5. The Bertz CT molecular complexity index is 766. The van der Waals surface area contributed by atoms with E-state index in [1.165, 1.54) is 0 Å². The smallest absolute Gasteiger partial charge is 0.330 e. The molecule has 1 saturated carbocycles. The lowest BCUT2D eigenvalue weighted by molar-refractivity contribution is -0.195. The van der Waals surface area contributed by atoms with Crippen molar-refractivity contribution in [2.24, 2.45) is 11.3 Å². The minimum Gasteiger partial charge on any atom is -0.330 e. The fourth-order valence-electron chi connectivity index (χ4n) is 5.03. The van der Waals surface area contributed by atoms with Gasteiger partial charge in [-0.25, -0.2) is 0 Å². The molecule has 3 aliphatic rings. The number of unbranched alkanes of at least 4 members (excludes halogenated alkanes) is 1. The number of ketones is 1. The Balaban J connectivity index is 2.10. The summed E-state index contributed by atoms with van der Waals surface area (Å²) in [5.41, 5.74) is -4.23. The van der Waals surface area contributed by atoms with E-state index in [1.807, 2.05) is 20.8 Å². The van der Waals surface area contributed by atoms with Crippen molar-refractivity contribution in [1.82, 2.24) is 10.2 Å². The van der Waals surface area contributed by atoms with Gasteiger partial charge in [0.1, 0.15) is 0 Å². The number of carbonyl (C=O) groups is 3. The number of hydrogen-bond acceptors (Lipinski definition) is 3. The molecule has 1 atom stereocenters. The van der Waals surface area contributed by atoms with Gasteiger partial charge in [-0.05, 0) is 31.1 Å². The van der Waals surface area contributed by atoms with Gasteiger partial charge < -0.3 is 10.2 Å². The quantitative estimate of drug-likeness (QED) is 0.711. The molecule has 30 heavy (non-hydrogen) atoms. The summed E-state index contributed by atoms with van der Waals surface area (Å²) >= 11 is 0. The van der Waals surface area contributed by atoms with E-state index >= 15 is 0 Å². The Kier molecular flexibility index (Phi) is 6.09. The minimum absolute atomic E-state index is 0.0855. The fourth-order valence-corrected chi connectivity index (χ4v) is 5.03. The third kappa shape index (κ3) is 3.78. The van der Waals surface area contributed by atoms with Crippen LogP contribution < -0.4 is 5.32 Å². The number of allylic oxidation sites excluding steroid dienone is 1. The van der Waals surface area contributed by atoms with Crippen LogP contribution in [0.5, 0.6) is 0 Å². The maximum Gasteiger partial charge on any atom is 0.425 e. The molecule has 1 aliphatic heterocycles. The van der Waals surface area contributed by atoms with Crippen molar-refractivity contribution >= 4 is 17.6 Å². The van der Waals surface area contributed by atoms with Gasteiger partial charge in [0, 0.05) is 24.6 Å². The number of alkyl halides is 3. The van der Waals surface area contributed by atoms with Gasteiger partial charge in [0.2, 0.25) is 11.4 Å². The van der Waals surface area contributed by atoms with Crippen LogP contribution in [0.3, 0.4) is 0 Å². The molecule has 0 radical (unpaired) electrons. The summed E-state index contributed by atoms with van der Waals surface area (Å²) in [6, 6.07) is 0. The third-order valence-corrected chi connectivity index (χ3v) is 6.57. The standard InChI is InChI=1S/C22H31F3N2O3/c1-4-5-11-27-15-12-20(2,3)13-16(28)17(15)21(19(27)30,22(23,24)25)26-18(29)14-9-7-6-8-10-14/h14H,4-13H2,1-3H3,(H,26,29). The number of halogens is 3. The fraction of sp³-hybridized carbons (Fsp3) is 0.773. The normalized spacial score (nSPS) is 27.5. The van der Waals surface area contributed by atoms with Crippen molar-refractivity contribution in [3.63, 3.8) is 0 Å². The number of hydrogen-bond donors (Lipinski definition) is 1. The van der Waals surface area contributed by atoms with Crippen molar-refractivity contribution < 1.29 is 27.6 Å². The molecule has 0 spiro atoms. The predicted octanol–water partition coefficient (Wildman–Crippen LogP) is 4.27. The summed E-state index contributed by atoms with van der Waals surface area (Å²) < 4.78 is 43.7. The molecule has 5 nitrogen and oxygen atoms in total. The number of amides is 2. The summed E-state index contributed by atoms with van der Waals surface area (Å²) in [5, 5.41) is 2.08. The molecule has 168 valence electrons. The van der Waals surface area contributed by atoms with Crippen LogP contribution in [0.25, 0.3) is 0 Å². The first kappa shape index (κ1) is 22.8. The van der Waals surface area contributed by atoms with Crippen molar-refractivity contribution in [3.05, 3.63) is 11.3 Å².